The van der Waals surface area contributed by atoms with Crippen LogP contribution >= 0.6 is 0 Å². The SMILES string of the molecule is CC(C)(C)c1cnc(NC(=O)Cc2ccn(-c3ccccc3)n2)nc1. The van der Waals surface area contributed by atoms with Gasteiger partial charge in [-0.05, 0) is 29.2 Å². The average molecular weight is 335 g/mol. The molecule has 6 nitrogen and oxygen atoms in total. The van der Waals surface area contributed by atoms with Crippen molar-refractivity contribution in [2.75, 3.05) is 5.32 Å². The quantitative estimate of drug-likeness (QED) is 0.795. The number of carbonyl (C=O) groups excluding carboxylic acids is 1. The van der Waals surface area contributed by atoms with Gasteiger partial charge in [0.05, 0.1) is 17.8 Å². The molecule has 0 saturated carbocycles. The van der Waals surface area contributed by atoms with Crippen LogP contribution in [0.5, 0.6) is 0 Å². The van der Waals surface area contributed by atoms with E-state index >= 15 is 0 Å². The highest BCUT2D eigenvalue weighted by molar-refractivity contribution is 5.90. The molecule has 0 aliphatic carbocycles. The van der Waals surface area contributed by atoms with E-state index in [0.29, 0.717) is 11.6 Å². The first-order valence-corrected chi connectivity index (χ1v) is 8.14. The summed E-state index contributed by atoms with van der Waals surface area (Å²) in [5, 5.41) is 7.13. The second kappa shape index (κ2) is 6.84. The van der Waals surface area contributed by atoms with Crippen LogP contribution in [0.2, 0.25) is 0 Å². The van der Waals surface area contributed by atoms with Crippen LogP contribution in [0.4, 0.5) is 5.95 Å². The fraction of sp³-hybridized carbons (Fsp3) is 0.263. The third kappa shape index (κ3) is 4.29. The molecule has 2 aromatic heterocycles. The molecule has 3 rings (SSSR count). The molecule has 1 amide bonds. The van der Waals surface area contributed by atoms with Crippen LogP contribution in [0.1, 0.15) is 32.0 Å². The number of benzene rings is 1. The lowest BCUT2D eigenvalue weighted by Crippen LogP contribution is -2.18. The number of aromatic nitrogens is 4. The summed E-state index contributed by atoms with van der Waals surface area (Å²) < 4.78 is 1.75. The molecule has 0 spiro atoms. The monoisotopic (exact) mass is 335 g/mol. The van der Waals surface area contributed by atoms with E-state index < -0.39 is 0 Å². The third-order valence-electron chi connectivity index (χ3n) is 3.78. The number of para-hydroxylation sites is 1. The van der Waals surface area contributed by atoms with E-state index in [1.807, 2.05) is 42.6 Å². The zero-order valence-corrected chi connectivity index (χ0v) is 14.6. The summed E-state index contributed by atoms with van der Waals surface area (Å²) in [5.41, 5.74) is 2.64. The van der Waals surface area contributed by atoms with Gasteiger partial charge in [-0.1, -0.05) is 39.0 Å². The minimum Gasteiger partial charge on any atom is -0.294 e. The number of hydrogen-bond acceptors (Lipinski definition) is 4. The molecule has 0 bridgehead atoms. The van der Waals surface area contributed by atoms with Gasteiger partial charge in [-0.3, -0.25) is 10.1 Å². The highest BCUT2D eigenvalue weighted by Gasteiger charge is 2.15. The average Bonchev–Trinajstić information content (AvgIpc) is 3.03. The normalized spacial score (nSPS) is 11.3. The minimum atomic E-state index is -0.193. The van der Waals surface area contributed by atoms with Gasteiger partial charge >= 0.3 is 0 Å². The van der Waals surface area contributed by atoms with E-state index in [4.69, 9.17) is 0 Å². The van der Waals surface area contributed by atoms with Gasteiger partial charge in [-0.2, -0.15) is 5.10 Å². The summed E-state index contributed by atoms with van der Waals surface area (Å²) in [6, 6.07) is 11.6. The maximum atomic E-state index is 12.2. The van der Waals surface area contributed by atoms with Crippen molar-refractivity contribution < 1.29 is 4.79 Å². The standard InChI is InChI=1S/C19H21N5O/c1-19(2,3)14-12-20-18(21-13-14)22-17(25)11-15-9-10-24(23-15)16-7-5-4-6-8-16/h4-10,12-13H,11H2,1-3H3,(H,20,21,22,25). The largest absolute Gasteiger partial charge is 0.294 e. The molecule has 0 fully saturated rings. The smallest absolute Gasteiger partial charge is 0.232 e. The summed E-state index contributed by atoms with van der Waals surface area (Å²) in [6.07, 6.45) is 5.50. The number of carbonyl (C=O) groups is 1. The Bertz CT molecular complexity index is 848. The maximum Gasteiger partial charge on any atom is 0.232 e. The number of rotatable bonds is 4. The van der Waals surface area contributed by atoms with Crippen LogP contribution in [0.15, 0.2) is 55.0 Å². The summed E-state index contributed by atoms with van der Waals surface area (Å²) >= 11 is 0. The van der Waals surface area contributed by atoms with Gasteiger partial charge < -0.3 is 0 Å². The van der Waals surface area contributed by atoms with Crippen LogP contribution in [-0.2, 0) is 16.6 Å². The number of nitrogens with zero attached hydrogens (tertiary/aromatic N) is 4. The number of hydrogen-bond donors (Lipinski definition) is 1. The zero-order chi connectivity index (χ0) is 17.9. The fourth-order valence-electron chi connectivity index (χ4n) is 2.29. The Hall–Kier alpha value is -3.02. The van der Waals surface area contributed by atoms with Gasteiger partial charge in [-0.15, -0.1) is 0 Å². The molecule has 3 aromatic rings. The van der Waals surface area contributed by atoms with Crippen LogP contribution in [-0.4, -0.2) is 25.7 Å². The van der Waals surface area contributed by atoms with Gasteiger partial charge in [-0.25, -0.2) is 14.6 Å². The lowest BCUT2D eigenvalue weighted by atomic mass is 9.89. The first-order valence-electron chi connectivity index (χ1n) is 8.14. The van der Waals surface area contributed by atoms with Gasteiger partial charge in [0.1, 0.15) is 0 Å². The number of amides is 1. The second-order valence-corrected chi connectivity index (χ2v) is 6.86. The van der Waals surface area contributed by atoms with Crippen LogP contribution in [0.3, 0.4) is 0 Å². The van der Waals surface area contributed by atoms with E-state index in [9.17, 15) is 4.79 Å². The van der Waals surface area contributed by atoms with Crippen LogP contribution < -0.4 is 5.32 Å². The topological polar surface area (TPSA) is 72.7 Å². The van der Waals surface area contributed by atoms with Gasteiger partial charge in [0, 0.05) is 18.6 Å². The molecule has 1 aromatic carbocycles. The van der Waals surface area contributed by atoms with E-state index in [1.165, 1.54) is 0 Å². The van der Waals surface area contributed by atoms with Crippen molar-refractivity contribution in [2.45, 2.75) is 32.6 Å². The zero-order valence-electron chi connectivity index (χ0n) is 14.6. The van der Waals surface area contributed by atoms with Crippen LogP contribution in [0, 0.1) is 0 Å². The van der Waals surface area contributed by atoms with Crippen molar-refractivity contribution in [1.29, 1.82) is 0 Å². The molecule has 1 N–H and O–H groups in total. The molecule has 0 unspecified atom stereocenters. The van der Waals surface area contributed by atoms with Crippen molar-refractivity contribution >= 4 is 11.9 Å². The molecule has 0 aliphatic heterocycles. The fourth-order valence-corrected chi connectivity index (χ4v) is 2.29. The summed E-state index contributed by atoms with van der Waals surface area (Å²) in [5.74, 6) is 0.113. The molecule has 6 heteroatoms. The van der Waals surface area contributed by atoms with E-state index in [1.54, 1.807) is 17.1 Å². The maximum absolute atomic E-state index is 12.2. The molecule has 0 radical (unpaired) electrons. The van der Waals surface area contributed by atoms with E-state index in [-0.39, 0.29) is 17.7 Å². The predicted molar refractivity (Wildman–Crippen MR) is 96.6 cm³/mol. The first kappa shape index (κ1) is 16.8. The Kier molecular flexibility index (Phi) is 4.61. The predicted octanol–water partition coefficient (Wildman–Crippen LogP) is 3.14. The molecule has 0 aliphatic rings. The Morgan fingerprint density at radius 1 is 1.08 bits per heavy atom. The molecule has 0 atom stereocenters. The molecule has 2 heterocycles. The highest BCUT2D eigenvalue weighted by Crippen LogP contribution is 2.20. The third-order valence-corrected chi connectivity index (χ3v) is 3.78. The van der Waals surface area contributed by atoms with Crippen molar-refractivity contribution in [3.05, 3.63) is 66.2 Å². The van der Waals surface area contributed by atoms with Gasteiger partial charge in [0.25, 0.3) is 0 Å². The van der Waals surface area contributed by atoms with Crippen molar-refractivity contribution in [2.24, 2.45) is 0 Å². The summed E-state index contributed by atoms with van der Waals surface area (Å²) in [6.45, 7) is 6.27. The Balaban J connectivity index is 1.62. The summed E-state index contributed by atoms with van der Waals surface area (Å²) in [4.78, 5) is 20.6. The van der Waals surface area contributed by atoms with Crippen molar-refractivity contribution in [3.8, 4) is 5.69 Å². The van der Waals surface area contributed by atoms with Crippen LogP contribution in [0.25, 0.3) is 5.69 Å². The van der Waals surface area contributed by atoms with E-state index in [2.05, 4.69) is 41.2 Å². The number of nitrogens with one attached hydrogen (secondary N) is 1. The lowest BCUT2D eigenvalue weighted by Gasteiger charge is -2.17. The van der Waals surface area contributed by atoms with Crippen molar-refractivity contribution in [1.82, 2.24) is 19.7 Å². The molecule has 0 saturated heterocycles. The molecular formula is C19H21N5O. The Labute approximate surface area is 146 Å². The Morgan fingerprint density at radius 3 is 2.40 bits per heavy atom. The van der Waals surface area contributed by atoms with Crippen molar-refractivity contribution in [3.63, 3.8) is 0 Å². The first-order chi connectivity index (χ1) is 11.9. The lowest BCUT2D eigenvalue weighted by molar-refractivity contribution is -0.115. The molecule has 25 heavy (non-hydrogen) atoms. The van der Waals surface area contributed by atoms with Gasteiger partial charge in [0.15, 0.2) is 0 Å². The molecule has 128 valence electrons. The highest BCUT2D eigenvalue weighted by atomic mass is 16.1. The minimum absolute atomic E-state index is 0.0210. The second-order valence-electron chi connectivity index (χ2n) is 6.86. The molecular weight excluding hydrogens is 314 g/mol. The number of anilines is 1. The van der Waals surface area contributed by atoms with Gasteiger partial charge in [0.2, 0.25) is 11.9 Å². The Morgan fingerprint density at radius 2 is 1.76 bits per heavy atom. The van der Waals surface area contributed by atoms with E-state index in [0.717, 1.165) is 11.3 Å². The summed E-state index contributed by atoms with van der Waals surface area (Å²) in [7, 11) is 0.